The van der Waals surface area contributed by atoms with Gasteiger partial charge in [0.05, 0.1) is 0 Å². The molecule has 0 bridgehead atoms. The predicted molar refractivity (Wildman–Crippen MR) is 97.3 cm³/mol. The molecule has 26 heavy (non-hydrogen) atoms. The quantitative estimate of drug-likeness (QED) is 0.661. The summed E-state index contributed by atoms with van der Waals surface area (Å²) in [5, 5.41) is 0. The number of fused-ring (bicyclic) bond motifs is 5. The first-order valence-electron chi connectivity index (χ1n) is 10.4. The fourth-order valence-corrected chi connectivity index (χ4v) is 7.47. The first-order chi connectivity index (χ1) is 12.1. The molecule has 4 fully saturated rings. The number of ketones is 2. The van der Waals surface area contributed by atoms with Crippen LogP contribution >= 0.6 is 0 Å². The number of hydrogen-bond acceptors (Lipinski definition) is 4. The van der Waals surface area contributed by atoms with E-state index in [1.807, 2.05) is 0 Å². The van der Waals surface area contributed by atoms with Crippen LogP contribution in [0.5, 0.6) is 0 Å². The molecule has 0 unspecified atom stereocenters. The maximum atomic E-state index is 13.3. The van der Waals surface area contributed by atoms with Crippen molar-refractivity contribution < 1.29 is 19.1 Å². The molecule has 0 aromatic carbocycles. The third kappa shape index (κ3) is 2.23. The summed E-state index contributed by atoms with van der Waals surface area (Å²) in [7, 11) is 0. The fraction of sp³-hybridized carbons (Fsp3) is 0.864. The van der Waals surface area contributed by atoms with Crippen molar-refractivity contribution in [1.29, 1.82) is 0 Å². The highest BCUT2D eigenvalue weighted by Crippen LogP contribution is 2.71. The normalized spacial score (nSPS) is 50.6. The molecular weight excluding hydrogens is 328 g/mol. The van der Waals surface area contributed by atoms with E-state index in [1.54, 1.807) is 0 Å². The fourth-order valence-electron chi connectivity index (χ4n) is 7.47. The number of carbonyl (C=O) groups excluding carboxylic acids is 3. The van der Waals surface area contributed by atoms with Crippen molar-refractivity contribution in [3.63, 3.8) is 0 Å². The zero-order valence-electron chi connectivity index (χ0n) is 16.6. The van der Waals surface area contributed by atoms with Crippen LogP contribution in [0.15, 0.2) is 0 Å². The molecule has 7 atom stereocenters. The average Bonchev–Trinajstić information content (AvgIpc) is 2.95. The van der Waals surface area contributed by atoms with Crippen LogP contribution < -0.4 is 0 Å². The standard InChI is InChI=1S/C22H32O4/c1-13(23)26-14-7-10-21(3)17-8-9-20(2)16(5-6-18(20)24)15(17)12-22(21,4)19(25)11-14/h14-17H,5-12H2,1-4H3/t14-,15+,16-,17-,20-,21-,22-/m1/s1. The summed E-state index contributed by atoms with van der Waals surface area (Å²) in [6, 6.07) is 0. The molecule has 0 radical (unpaired) electrons. The van der Waals surface area contributed by atoms with Crippen LogP contribution in [0, 0.1) is 34.0 Å². The van der Waals surface area contributed by atoms with Crippen LogP contribution in [0.1, 0.15) is 79.1 Å². The second-order valence-electron chi connectivity index (χ2n) is 10.1. The Balaban J connectivity index is 1.66. The van der Waals surface area contributed by atoms with Gasteiger partial charge in [0, 0.05) is 30.6 Å². The molecule has 4 nitrogen and oxygen atoms in total. The number of ether oxygens (including phenoxy) is 1. The van der Waals surface area contributed by atoms with Gasteiger partial charge in [0.2, 0.25) is 0 Å². The maximum Gasteiger partial charge on any atom is 0.302 e. The SMILES string of the molecule is CC(=O)O[C@@H]1CC[C@]2(C)[C@@H]3CC[C@@]4(C)C(=O)CC[C@@H]4[C@@H]3C[C@]2(C)C(=O)C1. The summed E-state index contributed by atoms with van der Waals surface area (Å²) in [6.45, 7) is 8.08. The van der Waals surface area contributed by atoms with E-state index < -0.39 is 0 Å². The van der Waals surface area contributed by atoms with Gasteiger partial charge in [-0.25, -0.2) is 0 Å². The van der Waals surface area contributed by atoms with Crippen LogP contribution in [0.4, 0.5) is 0 Å². The largest absolute Gasteiger partial charge is 0.462 e. The van der Waals surface area contributed by atoms with Crippen molar-refractivity contribution in [2.45, 2.75) is 85.2 Å². The summed E-state index contributed by atoms with van der Waals surface area (Å²) in [5.41, 5.74) is -0.550. The summed E-state index contributed by atoms with van der Waals surface area (Å²) in [4.78, 5) is 37.3. The van der Waals surface area contributed by atoms with Gasteiger partial charge in [0.25, 0.3) is 0 Å². The predicted octanol–water partition coefficient (Wildman–Crippen LogP) is 4.10. The van der Waals surface area contributed by atoms with Gasteiger partial charge in [0.15, 0.2) is 0 Å². The van der Waals surface area contributed by atoms with Crippen LogP contribution in [-0.4, -0.2) is 23.6 Å². The molecule has 0 spiro atoms. The lowest BCUT2D eigenvalue weighted by molar-refractivity contribution is -0.148. The van der Waals surface area contributed by atoms with Crippen molar-refractivity contribution in [1.82, 2.24) is 0 Å². The smallest absolute Gasteiger partial charge is 0.302 e. The second kappa shape index (κ2) is 5.65. The maximum absolute atomic E-state index is 13.3. The van der Waals surface area contributed by atoms with Gasteiger partial charge in [0.1, 0.15) is 17.7 Å². The van der Waals surface area contributed by atoms with E-state index in [1.165, 1.54) is 6.92 Å². The minimum atomic E-state index is -0.353. The van der Waals surface area contributed by atoms with Crippen LogP contribution in [0.2, 0.25) is 0 Å². The minimum Gasteiger partial charge on any atom is -0.462 e. The Morgan fingerprint density at radius 2 is 1.73 bits per heavy atom. The molecule has 0 heterocycles. The molecule has 0 amide bonds. The highest BCUT2D eigenvalue weighted by Gasteiger charge is 2.67. The number of carbonyl (C=O) groups is 3. The molecule has 4 heteroatoms. The minimum absolute atomic E-state index is 0.0450. The molecule has 0 aliphatic heterocycles. The van der Waals surface area contributed by atoms with Crippen LogP contribution in [0.25, 0.3) is 0 Å². The van der Waals surface area contributed by atoms with Gasteiger partial charge in [-0.2, -0.15) is 0 Å². The Hall–Kier alpha value is -1.19. The lowest BCUT2D eigenvalue weighted by Crippen LogP contribution is -2.45. The van der Waals surface area contributed by atoms with Crippen molar-refractivity contribution >= 4 is 17.5 Å². The zero-order valence-corrected chi connectivity index (χ0v) is 16.6. The van der Waals surface area contributed by atoms with E-state index in [4.69, 9.17) is 4.74 Å². The Morgan fingerprint density at radius 1 is 1.00 bits per heavy atom. The van der Waals surface area contributed by atoms with E-state index >= 15 is 0 Å². The van der Waals surface area contributed by atoms with Gasteiger partial charge in [-0.3, -0.25) is 14.4 Å². The van der Waals surface area contributed by atoms with Gasteiger partial charge < -0.3 is 4.74 Å². The lowest BCUT2D eigenvalue weighted by Gasteiger charge is -2.48. The molecule has 144 valence electrons. The van der Waals surface area contributed by atoms with Crippen molar-refractivity contribution in [3.05, 3.63) is 0 Å². The number of rotatable bonds is 1. The second-order valence-corrected chi connectivity index (χ2v) is 10.1. The Morgan fingerprint density at radius 3 is 2.42 bits per heavy atom. The highest BCUT2D eigenvalue weighted by atomic mass is 16.5. The van der Waals surface area contributed by atoms with Crippen molar-refractivity contribution in [2.24, 2.45) is 34.0 Å². The molecule has 4 rings (SSSR count). The molecular formula is C22H32O4. The van der Waals surface area contributed by atoms with Gasteiger partial charge >= 0.3 is 5.97 Å². The number of hydrogen-bond donors (Lipinski definition) is 0. The molecule has 0 N–H and O–H groups in total. The van der Waals surface area contributed by atoms with Gasteiger partial charge in [-0.15, -0.1) is 0 Å². The van der Waals surface area contributed by atoms with Crippen LogP contribution in [0.3, 0.4) is 0 Å². The molecule has 4 aliphatic carbocycles. The zero-order chi connectivity index (χ0) is 18.9. The monoisotopic (exact) mass is 360 g/mol. The molecule has 0 aromatic heterocycles. The summed E-state index contributed by atoms with van der Waals surface area (Å²) in [5.74, 6) is 1.88. The van der Waals surface area contributed by atoms with Crippen LogP contribution in [-0.2, 0) is 19.1 Å². The third-order valence-electron chi connectivity index (χ3n) is 9.22. The van der Waals surface area contributed by atoms with E-state index in [0.717, 1.165) is 44.9 Å². The first-order valence-corrected chi connectivity index (χ1v) is 10.4. The summed E-state index contributed by atoms with van der Waals surface area (Å²) in [6.07, 6.45) is 6.48. The lowest BCUT2D eigenvalue weighted by atomic mass is 9.55. The Kier molecular flexibility index (Phi) is 3.95. The van der Waals surface area contributed by atoms with Crippen molar-refractivity contribution in [3.8, 4) is 0 Å². The van der Waals surface area contributed by atoms with Crippen molar-refractivity contribution in [2.75, 3.05) is 0 Å². The van der Waals surface area contributed by atoms with Gasteiger partial charge in [-0.05, 0) is 61.7 Å². The van der Waals surface area contributed by atoms with Gasteiger partial charge in [-0.1, -0.05) is 20.8 Å². The molecule has 0 aromatic rings. The molecule has 4 saturated carbocycles. The summed E-state index contributed by atoms with van der Waals surface area (Å²) >= 11 is 0. The van der Waals surface area contributed by atoms with E-state index in [9.17, 15) is 14.4 Å². The Bertz CT molecular complexity index is 669. The van der Waals surface area contributed by atoms with E-state index in [0.29, 0.717) is 30.0 Å². The topological polar surface area (TPSA) is 60.4 Å². The molecule has 4 aliphatic rings. The highest BCUT2D eigenvalue weighted by molar-refractivity contribution is 5.88. The first kappa shape index (κ1) is 18.2. The third-order valence-corrected chi connectivity index (χ3v) is 9.22. The van der Waals surface area contributed by atoms with E-state index in [-0.39, 0.29) is 34.1 Å². The molecule has 0 saturated heterocycles. The van der Waals surface area contributed by atoms with E-state index in [2.05, 4.69) is 20.8 Å². The number of esters is 1. The number of Topliss-reactive ketones (excluding diaryl/α,β-unsaturated/α-hetero) is 2. The average molecular weight is 360 g/mol. The Labute approximate surface area is 156 Å². The summed E-state index contributed by atoms with van der Waals surface area (Å²) < 4.78 is 5.43.